The number of ether oxygens (including phenoxy) is 1. The first-order chi connectivity index (χ1) is 9.70. The van der Waals surface area contributed by atoms with Gasteiger partial charge >= 0.3 is 0 Å². The zero-order valence-corrected chi connectivity index (χ0v) is 10.7. The van der Waals surface area contributed by atoms with Crippen molar-refractivity contribution in [1.82, 2.24) is 9.61 Å². The Morgan fingerprint density at radius 3 is 2.90 bits per heavy atom. The Morgan fingerprint density at radius 2 is 2.10 bits per heavy atom. The second kappa shape index (κ2) is 4.77. The second-order valence-electron chi connectivity index (χ2n) is 4.26. The molecular weight excluding hydrogens is 259 g/mol. The number of pyridine rings is 1. The van der Waals surface area contributed by atoms with Crippen LogP contribution in [-0.2, 0) is 0 Å². The molecule has 0 aliphatic carbocycles. The van der Waals surface area contributed by atoms with Gasteiger partial charge in [-0.25, -0.2) is 8.91 Å². The van der Waals surface area contributed by atoms with Gasteiger partial charge in [0.05, 0.1) is 30.0 Å². The minimum Gasteiger partial charge on any atom is -0.496 e. The summed E-state index contributed by atoms with van der Waals surface area (Å²) in [7, 11) is 1.44. The minimum atomic E-state index is -0.481. The highest BCUT2D eigenvalue weighted by Gasteiger charge is 2.19. The summed E-state index contributed by atoms with van der Waals surface area (Å²) in [6, 6.07) is 9.28. The number of halogens is 1. The third-order valence-corrected chi connectivity index (χ3v) is 3.08. The summed E-state index contributed by atoms with van der Waals surface area (Å²) >= 11 is 0. The van der Waals surface area contributed by atoms with E-state index < -0.39 is 5.82 Å². The van der Waals surface area contributed by atoms with E-state index in [1.165, 1.54) is 31.5 Å². The lowest BCUT2D eigenvalue weighted by atomic mass is 10.0. The van der Waals surface area contributed by atoms with Crippen LogP contribution in [0.4, 0.5) is 4.39 Å². The van der Waals surface area contributed by atoms with Crippen molar-refractivity contribution < 1.29 is 13.9 Å². The van der Waals surface area contributed by atoms with Crippen molar-refractivity contribution in [2.24, 2.45) is 0 Å². The Morgan fingerprint density at radius 1 is 1.25 bits per heavy atom. The standard InChI is InChI=1S/C15H11FN2O2/c1-20-14-6-5-10(16)8-11(14)15(19)12-9-17-18-7-3-2-4-13(12)18/h2-9H,1H3. The van der Waals surface area contributed by atoms with Crippen molar-refractivity contribution >= 4 is 11.3 Å². The molecule has 0 spiro atoms. The Labute approximate surface area is 114 Å². The smallest absolute Gasteiger partial charge is 0.200 e. The van der Waals surface area contributed by atoms with E-state index in [9.17, 15) is 9.18 Å². The van der Waals surface area contributed by atoms with E-state index in [1.807, 2.05) is 12.1 Å². The maximum Gasteiger partial charge on any atom is 0.200 e. The molecule has 20 heavy (non-hydrogen) atoms. The number of ketones is 1. The molecule has 4 nitrogen and oxygen atoms in total. The van der Waals surface area contributed by atoms with Gasteiger partial charge in [0.2, 0.25) is 5.78 Å². The van der Waals surface area contributed by atoms with E-state index >= 15 is 0 Å². The average Bonchev–Trinajstić information content (AvgIpc) is 2.90. The van der Waals surface area contributed by atoms with E-state index in [2.05, 4.69) is 5.10 Å². The molecule has 0 fully saturated rings. The van der Waals surface area contributed by atoms with Crippen LogP contribution in [0.3, 0.4) is 0 Å². The van der Waals surface area contributed by atoms with Gasteiger partial charge in [0.1, 0.15) is 11.6 Å². The molecule has 0 saturated carbocycles. The molecule has 3 rings (SSSR count). The monoisotopic (exact) mass is 270 g/mol. The van der Waals surface area contributed by atoms with Crippen molar-refractivity contribution in [3.05, 3.63) is 65.7 Å². The molecule has 0 aliphatic heterocycles. The van der Waals surface area contributed by atoms with E-state index in [0.717, 1.165) is 0 Å². The summed E-state index contributed by atoms with van der Waals surface area (Å²) in [4.78, 5) is 12.6. The number of nitrogens with zero attached hydrogens (tertiary/aromatic N) is 2. The Balaban J connectivity index is 2.15. The molecule has 0 saturated heterocycles. The highest BCUT2D eigenvalue weighted by molar-refractivity contribution is 6.14. The predicted octanol–water partition coefficient (Wildman–Crippen LogP) is 2.71. The summed E-state index contributed by atoms with van der Waals surface area (Å²) in [5, 5.41) is 4.10. The van der Waals surface area contributed by atoms with Gasteiger partial charge < -0.3 is 4.74 Å². The Bertz CT molecular complexity index is 795. The third-order valence-electron chi connectivity index (χ3n) is 3.08. The molecule has 0 bridgehead atoms. The van der Waals surface area contributed by atoms with Crippen LogP contribution in [0.1, 0.15) is 15.9 Å². The van der Waals surface area contributed by atoms with Crippen LogP contribution in [0.2, 0.25) is 0 Å². The SMILES string of the molecule is COc1ccc(F)cc1C(=O)c1cnn2ccccc12. The van der Waals surface area contributed by atoms with Crippen LogP contribution < -0.4 is 4.74 Å². The molecule has 0 atom stereocenters. The quantitative estimate of drug-likeness (QED) is 0.687. The first-order valence-corrected chi connectivity index (χ1v) is 6.01. The first kappa shape index (κ1) is 12.3. The zero-order chi connectivity index (χ0) is 14.1. The molecule has 2 aromatic heterocycles. The van der Waals surface area contributed by atoms with Crippen LogP contribution >= 0.6 is 0 Å². The molecule has 100 valence electrons. The molecule has 0 amide bonds. The largest absolute Gasteiger partial charge is 0.496 e. The molecular formula is C15H11FN2O2. The number of fused-ring (bicyclic) bond motifs is 1. The molecule has 0 unspecified atom stereocenters. The summed E-state index contributed by atoms with van der Waals surface area (Å²) in [6.45, 7) is 0. The van der Waals surface area contributed by atoms with Gasteiger partial charge in [0, 0.05) is 6.20 Å². The van der Waals surface area contributed by atoms with Crippen molar-refractivity contribution in [2.75, 3.05) is 7.11 Å². The second-order valence-corrected chi connectivity index (χ2v) is 4.26. The van der Waals surface area contributed by atoms with Crippen molar-refractivity contribution in [3.8, 4) is 5.75 Å². The number of hydrogen-bond acceptors (Lipinski definition) is 3. The summed E-state index contributed by atoms with van der Waals surface area (Å²) < 4.78 is 20.1. The van der Waals surface area contributed by atoms with Gasteiger partial charge in [0.25, 0.3) is 0 Å². The van der Waals surface area contributed by atoms with E-state index in [-0.39, 0.29) is 11.3 Å². The van der Waals surface area contributed by atoms with Gasteiger partial charge in [-0.1, -0.05) is 6.07 Å². The lowest BCUT2D eigenvalue weighted by Crippen LogP contribution is -2.04. The highest BCUT2D eigenvalue weighted by atomic mass is 19.1. The van der Waals surface area contributed by atoms with Crippen LogP contribution in [0, 0.1) is 5.82 Å². The van der Waals surface area contributed by atoms with Gasteiger partial charge in [-0.2, -0.15) is 5.10 Å². The van der Waals surface area contributed by atoms with E-state index in [0.29, 0.717) is 16.8 Å². The fourth-order valence-corrected chi connectivity index (χ4v) is 2.11. The van der Waals surface area contributed by atoms with Crippen LogP contribution in [0.15, 0.2) is 48.8 Å². The number of benzene rings is 1. The lowest BCUT2D eigenvalue weighted by molar-refractivity contribution is 0.103. The van der Waals surface area contributed by atoms with Crippen molar-refractivity contribution in [3.63, 3.8) is 0 Å². The Hall–Kier alpha value is -2.69. The van der Waals surface area contributed by atoms with Crippen LogP contribution in [0.25, 0.3) is 5.52 Å². The van der Waals surface area contributed by atoms with Crippen molar-refractivity contribution in [1.29, 1.82) is 0 Å². The topological polar surface area (TPSA) is 43.6 Å². The summed E-state index contributed by atoms with van der Waals surface area (Å²) in [6.07, 6.45) is 3.22. The number of aromatic nitrogens is 2. The number of hydrogen-bond donors (Lipinski definition) is 0. The minimum absolute atomic E-state index is 0.186. The fourth-order valence-electron chi connectivity index (χ4n) is 2.11. The molecule has 3 aromatic rings. The zero-order valence-electron chi connectivity index (χ0n) is 10.7. The molecule has 2 heterocycles. The molecule has 0 N–H and O–H groups in total. The fraction of sp³-hybridized carbons (Fsp3) is 0.0667. The van der Waals surface area contributed by atoms with E-state index in [1.54, 1.807) is 16.8 Å². The highest BCUT2D eigenvalue weighted by Crippen LogP contribution is 2.24. The number of carbonyl (C=O) groups excluding carboxylic acids is 1. The predicted molar refractivity (Wildman–Crippen MR) is 71.6 cm³/mol. The van der Waals surface area contributed by atoms with E-state index in [4.69, 9.17) is 4.74 Å². The number of methoxy groups -OCH3 is 1. The molecule has 0 aliphatic rings. The van der Waals surface area contributed by atoms with Gasteiger partial charge in [-0.3, -0.25) is 4.79 Å². The van der Waals surface area contributed by atoms with Crippen molar-refractivity contribution in [2.45, 2.75) is 0 Å². The average molecular weight is 270 g/mol. The summed E-state index contributed by atoms with van der Waals surface area (Å²) in [5.74, 6) is -0.458. The van der Waals surface area contributed by atoms with Gasteiger partial charge in [0.15, 0.2) is 0 Å². The third kappa shape index (κ3) is 1.93. The molecule has 0 radical (unpaired) electrons. The number of rotatable bonds is 3. The first-order valence-electron chi connectivity index (χ1n) is 6.01. The maximum absolute atomic E-state index is 13.4. The summed E-state index contributed by atoms with van der Waals surface area (Å²) in [5.41, 5.74) is 1.27. The normalized spacial score (nSPS) is 10.7. The molecule has 1 aromatic carbocycles. The Kier molecular flexibility index (Phi) is 2.95. The van der Waals surface area contributed by atoms with Gasteiger partial charge in [-0.05, 0) is 30.3 Å². The van der Waals surface area contributed by atoms with Gasteiger partial charge in [-0.15, -0.1) is 0 Å². The lowest BCUT2D eigenvalue weighted by Gasteiger charge is -2.06. The van der Waals surface area contributed by atoms with Crippen LogP contribution in [-0.4, -0.2) is 22.5 Å². The van der Waals surface area contributed by atoms with Crippen LogP contribution in [0.5, 0.6) is 5.75 Å². The maximum atomic E-state index is 13.4. The molecule has 5 heteroatoms. The number of carbonyl (C=O) groups is 1.